The Morgan fingerprint density at radius 2 is 0.889 bits per heavy atom. The Kier molecular flexibility index (Phi) is 22.1. The van der Waals surface area contributed by atoms with Crippen molar-refractivity contribution in [1.82, 2.24) is 39.1 Å². The summed E-state index contributed by atoms with van der Waals surface area (Å²) in [6.07, 6.45) is 6.78. The zero-order valence-electron chi connectivity index (χ0n) is 51.2. The third kappa shape index (κ3) is 16.4. The molecule has 8 N–H and O–H groups in total. The summed E-state index contributed by atoms with van der Waals surface area (Å²) < 4.78 is 13.6. The van der Waals surface area contributed by atoms with Crippen molar-refractivity contribution in [3.63, 3.8) is 0 Å². The zero-order valence-corrected chi connectivity index (χ0v) is 52.7. The summed E-state index contributed by atoms with van der Waals surface area (Å²) in [5.74, 6) is 11.9. The van der Waals surface area contributed by atoms with Crippen LogP contribution in [0.25, 0.3) is 44.8 Å². The number of carboxylic acid groups (broad SMARTS) is 1. The van der Waals surface area contributed by atoms with E-state index >= 15 is 0 Å². The molecule has 464 valence electrons. The second kappa shape index (κ2) is 29.1. The van der Waals surface area contributed by atoms with E-state index < -0.39 is 47.3 Å². The number of nitrogens with one attached hydrogen (secondary N) is 2. The molecule has 0 radical (unpaired) electrons. The molecule has 0 aliphatic carbocycles. The van der Waals surface area contributed by atoms with Crippen LogP contribution in [0.1, 0.15) is 152 Å². The largest absolute Gasteiger partial charge is 1.00 e. The number of aromatic nitrogens is 6. The summed E-state index contributed by atoms with van der Waals surface area (Å²) in [5.41, 5.74) is 4.56. The normalized spacial score (nSPS) is 14.8. The molecule has 8 aromatic rings. The van der Waals surface area contributed by atoms with Gasteiger partial charge in [-0.25, -0.2) is 43.7 Å². The molecule has 2 aliphatic heterocycles. The van der Waals surface area contributed by atoms with Crippen molar-refractivity contribution in [2.75, 3.05) is 35.4 Å². The SMILES string of the molecule is CC(=O)c1c(-c2ccc(C(=O)Nc3cc(-c4ccc(Cl)cc4)ccn3)cc2)nc([C@@H]2CCCCN2C(=O)OC(C)(C)C)n1N.CC(C)(C)OC(=O)N1CCCC[C@H]1c1nc(-c2ccc(C(=O)Nc3cc(-c4ccc(Cl)cc4)ccn3)cc2)c(C(=O)O)n1N.[Li+].[OH-]. The fourth-order valence-electron chi connectivity index (χ4n) is 10.4. The molecular weight excluding hydrogens is 1190 g/mol. The van der Waals surface area contributed by atoms with Gasteiger partial charge in [0.25, 0.3) is 11.8 Å². The smallest absolute Gasteiger partial charge is 0.870 e. The van der Waals surface area contributed by atoms with E-state index in [0.29, 0.717) is 81.4 Å². The number of nitrogens with zero attached hydrogens (tertiary/aromatic N) is 8. The number of ketones is 1. The van der Waals surface area contributed by atoms with Crippen LogP contribution in [0, 0.1) is 0 Å². The van der Waals surface area contributed by atoms with Gasteiger partial charge in [0.1, 0.15) is 39.9 Å². The summed E-state index contributed by atoms with van der Waals surface area (Å²) in [4.78, 5) is 98.4. The first-order chi connectivity index (χ1) is 41.8. The van der Waals surface area contributed by atoms with Crippen LogP contribution in [0.4, 0.5) is 21.2 Å². The number of piperidine rings is 2. The molecule has 2 atom stereocenters. The first kappa shape index (κ1) is 68.4. The second-order valence-corrected chi connectivity index (χ2v) is 24.1. The maximum atomic E-state index is 13.1. The van der Waals surface area contributed by atoms with Crippen LogP contribution in [-0.2, 0) is 9.47 Å². The van der Waals surface area contributed by atoms with Crippen molar-refractivity contribution in [3.05, 3.63) is 178 Å². The number of anilines is 2. The number of likely N-dealkylation sites (tertiary alicyclic amines) is 2. The van der Waals surface area contributed by atoms with Crippen molar-refractivity contribution in [2.45, 2.75) is 110 Å². The maximum Gasteiger partial charge on any atom is 1.00 e. The van der Waals surface area contributed by atoms with Gasteiger partial charge in [0.05, 0.1) is 12.1 Å². The number of rotatable bonds is 12. The minimum Gasteiger partial charge on any atom is -0.870 e. The number of carbonyl (C=O) groups is 6. The van der Waals surface area contributed by atoms with E-state index in [1.807, 2.05) is 57.2 Å². The monoisotopic (exact) mass is 1250 g/mol. The number of nitrogens with two attached hydrogens (primary N) is 2. The molecule has 4 amide bonds. The number of carboxylic acids is 1. The van der Waals surface area contributed by atoms with Crippen molar-refractivity contribution in [3.8, 4) is 44.8 Å². The summed E-state index contributed by atoms with van der Waals surface area (Å²) in [6, 6.07) is 34.1. The first-order valence-corrected chi connectivity index (χ1v) is 29.3. The molecular formula is C65H69Cl2LiN12O10. The van der Waals surface area contributed by atoms with Gasteiger partial charge in [-0.15, -0.1) is 0 Å². The molecule has 25 heteroatoms. The van der Waals surface area contributed by atoms with Gasteiger partial charge in [-0.05, 0) is 175 Å². The topological polar surface area (TPSA) is 315 Å². The molecule has 0 bridgehead atoms. The van der Waals surface area contributed by atoms with Gasteiger partial charge in [-0.2, -0.15) is 0 Å². The van der Waals surface area contributed by atoms with Crippen LogP contribution in [-0.4, -0.2) is 110 Å². The van der Waals surface area contributed by atoms with Crippen molar-refractivity contribution < 1.29 is 67.7 Å². The number of Topliss-reactive ketones (excluding diaryl/α,β-unsaturated/α-hetero) is 1. The number of imidazole rings is 2. The van der Waals surface area contributed by atoms with Crippen LogP contribution < -0.4 is 41.2 Å². The first-order valence-electron chi connectivity index (χ1n) is 28.6. The van der Waals surface area contributed by atoms with Gasteiger partial charge in [0.2, 0.25) is 0 Å². The van der Waals surface area contributed by atoms with Gasteiger partial charge in [-0.3, -0.25) is 24.2 Å². The summed E-state index contributed by atoms with van der Waals surface area (Å²) in [7, 11) is 0. The molecule has 0 saturated carbocycles. The summed E-state index contributed by atoms with van der Waals surface area (Å²) >= 11 is 12.0. The molecule has 90 heavy (non-hydrogen) atoms. The number of benzene rings is 4. The Labute approximate surface area is 542 Å². The summed E-state index contributed by atoms with van der Waals surface area (Å²) in [5, 5.41) is 16.9. The maximum absolute atomic E-state index is 13.1. The zero-order chi connectivity index (χ0) is 63.2. The van der Waals surface area contributed by atoms with E-state index in [4.69, 9.17) is 49.3 Å². The Bertz CT molecular complexity index is 3650. The molecule has 10 rings (SSSR count). The molecule has 2 aliphatic rings. The molecule has 4 aromatic carbocycles. The number of hydrogen-bond acceptors (Lipinski definition) is 15. The van der Waals surface area contributed by atoms with Gasteiger partial charge < -0.3 is 42.4 Å². The average molecular weight is 1260 g/mol. The number of carbonyl (C=O) groups excluding carboxylic acids is 5. The quantitative estimate of drug-likeness (QED) is 0.0431. The Balaban J connectivity index is 0.000000250. The number of aromatic carboxylic acids is 1. The Hall–Kier alpha value is -9.04. The Morgan fingerprint density at radius 3 is 1.24 bits per heavy atom. The van der Waals surface area contributed by atoms with Crippen molar-refractivity contribution in [2.24, 2.45) is 0 Å². The average Bonchev–Trinajstić information content (AvgIpc) is 1.65. The van der Waals surface area contributed by atoms with E-state index in [-0.39, 0.29) is 58.9 Å². The van der Waals surface area contributed by atoms with Crippen molar-refractivity contribution in [1.29, 1.82) is 0 Å². The van der Waals surface area contributed by atoms with Crippen LogP contribution >= 0.6 is 23.2 Å². The third-order valence-electron chi connectivity index (χ3n) is 14.5. The van der Waals surface area contributed by atoms with E-state index in [0.717, 1.165) is 52.6 Å². The Morgan fingerprint density at radius 1 is 0.533 bits per heavy atom. The van der Waals surface area contributed by atoms with Gasteiger partial charge in [0, 0.05) is 64.7 Å². The molecule has 2 fully saturated rings. The number of nitrogen functional groups attached to an aromatic ring is 2. The number of amides is 4. The van der Waals surface area contributed by atoms with Crippen LogP contribution in [0.5, 0.6) is 0 Å². The predicted octanol–water partition coefficient (Wildman–Crippen LogP) is 10.1. The molecule has 2 saturated heterocycles. The number of hydrogen-bond donors (Lipinski definition) is 5. The summed E-state index contributed by atoms with van der Waals surface area (Å²) in [6.45, 7) is 13.2. The molecule has 22 nitrogen and oxygen atoms in total. The van der Waals surface area contributed by atoms with Gasteiger partial charge in [0.15, 0.2) is 23.1 Å². The number of halogens is 2. The minimum atomic E-state index is -1.27. The van der Waals surface area contributed by atoms with Crippen molar-refractivity contribution >= 4 is 70.6 Å². The number of ether oxygens (including phenoxy) is 2. The van der Waals surface area contributed by atoms with Crippen LogP contribution in [0.15, 0.2) is 134 Å². The fourth-order valence-corrected chi connectivity index (χ4v) is 10.6. The standard InChI is InChI=1S/C33H35ClN6O4.C32H33ClN6O5.Li.H2O/c1-20(41)29-28(38-30(40(29)35)26-7-5-6-18-39(26)32(43)44-33(2,3)4)22-8-10-23(11-9-22)31(42)37-27-19-24(16-17-36-27)21-12-14-25(34)15-13-21;1-32(2,3)44-31(43)38-17-5-4-6-24(38)28-37-26(27(30(41)42)39(28)34)20-7-9-21(10-8-20)29(40)36-25-18-22(15-16-35-25)19-11-13-23(33)14-12-19;;/h8-17,19,26H,5-7,18,35H2,1-4H3,(H,36,37,42);7-16,18,24H,4-6,17,34H2,1-3H3,(H,41,42)(H,35,36,40);;1H2/q;;+1;/p-1/t26-;24-;;/m00../s1. The third-order valence-corrected chi connectivity index (χ3v) is 15.0. The van der Waals surface area contributed by atoms with Crippen LogP contribution in [0.2, 0.25) is 10.0 Å². The van der Waals surface area contributed by atoms with E-state index in [2.05, 4.69) is 25.6 Å². The predicted molar refractivity (Wildman–Crippen MR) is 339 cm³/mol. The number of pyridine rings is 2. The minimum absolute atomic E-state index is 0. The molecule has 0 unspecified atom stereocenters. The second-order valence-electron chi connectivity index (χ2n) is 23.2. The molecule has 6 heterocycles. The molecule has 4 aromatic heterocycles. The van der Waals surface area contributed by atoms with E-state index in [9.17, 15) is 33.9 Å². The fraction of sp³-hybridized carbons (Fsp3) is 0.292. The van der Waals surface area contributed by atoms with E-state index in [1.54, 1.807) is 128 Å². The van der Waals surface area contributed by atoms with Crippen LogP contribution in [0.3, 0.4) is 0 Å². The van der Waals surface area contributed by atoms with E-state index in [1.165, 1.54) is 11.6 Å². The van der Waals surface area contributed by atoms with Gasteiger partial charge >= 0.3 is 37.0 Å². The van der Waals surface area contributed by atoms with Gasteiger partial charge in [-0.1, -0.05) is 71.7 Å². The molecule has 0 spiro atoms.